The summed E-state index contributed by atoms with van der Waals surface area (Å²) in [7, 11) is 0. The first-order chi connectivity index (χ1) is 12.2. The molecule has 0 aliphatic heterocycles. The lowest BCUT2D eigenvalue weighted by molar-refractivity contribution is 0.393. The number of fused-ring (bicyclic) bond motifs is 1. The van der Waals surface area contributed by atoms with E-state index in [-0.39, 0.29) is 0 Å². The summed E-state index contributed by atoms with van der Waals surface area (Å²) in [6, 6.07) is 11.0. The van der Waals surface area contributed by atoms with Crippen molar-refractivity contribution in [2.45, 2.75) is 32.7 Å². The molecule has 5 heteroatoms. The van der Waals surface area contributed by atoms with Gasteiger partial charge in [0.05, 0.1) is 16.7 Å². The molecule has 3 heterocycles. The Labute approximate surface area is 145 Å². The number of nitrogens with zero attached hydrogens (tertiary/aromatic N) is 4. The van der Waals surface area contributed by atoms with Crippen molar-refractivity contribution in [3.05, 3.63) is 54.2 Å². The van der Waals surface area contributed by atoms with E-state index in [0.29, 0.717) is 6.04 Å². The smallest absolute Gasteiger partial charge is 0.142 e. The molecule has 1 fully saturated rings. The van der Waals surface area contributed by atoms with E-state index in [2.05, 4.69) is 39.0 Å². The summed E-state index contributed by atoms with van der Waals surface area (Å²) >= 11 is 0. The SMILES string of the molecule is Cc1noc(C)c1-c1ccc2nc(-c3cccnc3)n(C3CC3)c2c1. The third-order valence-electron chi connectivity index (χ3n) is 4.84. The predicted molar refractivity (Wildman–Crippen MR) is 96.2 cm³/mol. The molecule has 0 bridgehead atoms. The Morgan fingerprint density at radius 2 is 2.00 bits per heavy atom. The van der Waals surface area contributed by atoms with Crippen LogP contribution >= 0.6 is 0 Å². The van der Waals surface area contributed by atoms with E-state index in [0.717, 1.165) is 39.5 Å². The Hall–Kier alpha value is -2.95. The monoisotopic (exact) mass is 330 g/mol. The zero-order valence-corrected chi connectivity index (χ0v) is 14.2. The second kappa shape index (κ2) is 5.28. The van der Waals surface area contributed by atoms with Gasteiger partial charge in [0.15, 0.2) is 0 Å². The first-order valence-corrected chi connectivity index (χ1v) is 8.58. The lowest BCUT2D eigenvalue weighted by Crippen LogP contribution is -1.97. The quantitative estimate of drug-likeness (QED) is 0.546. The lowest BCUT2D eigenvalue weighted by atomic mass is 10.0. The van der Waals surface area contributed by atoms with Crippen LogP contribution in [0.1, 0.15) is 30.3 Å². The van der Waals surface area contributed by atoms with Gasteiger partial charge in [0.2, 0.25) is 0 Å². The topological polar surface area (TPSA) is 56.7 Å². The van der Waals surface area contributed by atoms with Crippen molar-refractivity contribution in [2.75, 3.05) is 0 Å². The number of rotatable bonds is 3. The molecule has 25 heavy (non-hydrogen) atoms. The summed E-state index contributed by atoms with van der Waals surface area (Å²) in [6.45, 7) is 3.94. The highest BCUT2D eigenvalue weighted by Gasteiger charge is 2.29. The van der Waals surface area contributed by atoms with Crippen LogP contribution in [0.15, 0.2) is 47.2 Å². The Morgan fingerprint density at radius 1 is 1.12 bits per heavy atom. The maximum Gasteiger partial charge on any atom is 0.142 e. The van der Waals surface area contributed by atoms with Gasteiger partial charge in [-0.3, -0.25) is 4.98 Å². The Balaban J connectivity index is 1.75. The number of aryl methyl sites for hydroxylation is 2. The molecule has 5 nitrogen and oxygen atoms in total. The van der Waals surface area contributed by atoms with Crippen molar-refractivity contribution in [2.24, 2.45) is 0 Å². The third-order valence-corrected chi connectivity index (χ3v) is 4.84. The molecule has 1 aliphatic carbocycles. The average Bonchev–Trinajstić information content (AvgIpc) is 3.32. The number of imidazole rings is 1. The Morgan fingerprint density at radius 3 is 2.68 bits per heavy atom. The van der Waals surface area contributed by atoms with Crippen LogP contribution in [-0.4, -0.2) is 19.7 Å². The Kier molecular flexibility index (Phi) is 3.04. The van der Waals surface area contributed by atoms with Gasteiger partial charge in [0, 0.05) is 29.6 Å². The summed E-state index contributed by atoms with van der Waals surface area (Å²) in [5.41, 5.74) is 6.36. The number of benzene rings is 1. The Bertz CT molecular complexity index is 1050. The first kappa shape index (κ1) is 14.4. The normalized spacial score (nSPS) is 14.3. The van der Waals surface area contributed by atoms with E-state index >= 15 is 0 Å². The molecule has 4 aromatic rings. The van der Waals surface area contributed by atoms with Crippen LogP contribution in [0.4, 0.5) is 0 Å². The lowest BCUT2D eigenvalue weighted by Gasteiger charge is -2.08. The van der Waals surface area contributed by atoms with Crippen molar-refractivity contribution < 1.29 is 4.52 Å². The fourth-order valence-corrected chi connectivity index (χ4v) is 3.54. The fraction of sp³-hybridized carbons (Fsp3) is 0.250. The largest absolute Gasteiger partial charge is 0.361 e. The summed E-state index contributed by atoms with van der Waals surface area (Å²) in [5, 5.41) is 4.09. The molecular formula is C20H18N4O. The van der Waals surface area contributed by atoms with Crippen LogP contribution in [-0.2, 0) is 0 Å². The zero-order chi connectivity index (χ0) is 17.0. The zero-order valence-electron chi connectivity index (χ0n) is 14.2. The van der Waals surface area contributed by atoms with E-state index in [4.69, 9.17) is 9.51 Å². The fourth-order valence-electron chi connectivity index (χ4n) is 3.54. The van der Waals surface area contributed by atoms with E-state index in [1.54, 1.807) is 6.20 Å². The highest BCUT2D eigenvalue weighted by atomic mass is 16.5. The molecule has 0 atom stereocenters. The molecule has 0 saturated heterocycles. The summed E-state index contributed by atoms with van der Waals surface area (Å²) in [5.74, 6) is 1.85. The molecule has 1 aliphatic rings. The molecule has 0 spiro atoms. The molecule has 1 aromatic carbocycles. The van der Waals surface area contributed by atoms with E-state index in [9.17, 15) is 0 Å². The predicted octanol–water partition coefficient (Wildman–Crippen LogP) is 4.71. The standard InChI is InChI=1S/C20H18N4O/c1-12-19(13(2)25-23-12)14-5-8-17-18(10-14)24(16-6-7-16)20(22-17)15-4-3-9-21-11-15/h3-5,8-11,16H,6-7H2,1-2H3. The number of pyridine rings is 1. The summed E-state index contributed by atoms with van der Waals surface area (Å²) in [6.07, 6.45) is 6.08. The molecule has 0 unspecified atom stereocenters. The number of aromatic nitrogens is 4. The molecule has 124 valence electrons. The van der Waals surface area contributed by atoms with Gasteiger partial charge in [-0.15, -0.1) is 0 Å². The molecule has 3 aromatic heterocycles. The maximum atomic E-state index is 5.35. The van der Waals surface area contributed by atoms with Crippen LogP contribution in [0.3, 0.4) is 0 Å². The van der Waals surface area contributed by atoms with Crippen LogP contribution in [0.2, 0.25) is 0 Å². The van der Waals surface area contributed by atoms with Gasteiger partial charge < -0.3 is 9.09 Å². The van der Waals surface area contributed by atoms with Gasteiger partial charge >= 0.3 is 0 Å². The first-order valence-electron chi connectivity index (χ1n) is 8.58. The van der Waals surface area contributed by atoms with Crippen molar-refractivity contribution in [1.29, 1.82) is 0 Å². The third kappa shape index (κ3) is 2.27. The van der Waals surface area contributed by atoms with Crippen LogP contribution in [0.25, 0.3) is 33.5 Å². The van der Waals surface area contributed by atoms with E-state index in [1.807, 2.05) is 26.1 Å². The van der Waals surface area contributed by atoms with Gasteiger partial charge in [-0.25, -0.2) is 4.98 Å². The second-order valence-corrected chi connectivity index (χ2v) is 6.68. The molecule has 0 radical (unpaired) electrons. The van der Waals surface area contributed by atoms with Gasteiger partial charge in [-0.1, -0.05) is 11.2 Å². The molecule has 1 saturated carbocycles. The van der Waals surface area contributed by atoms with E-state index in [1.165, 1.54) is 18.4 Å². The number of hydrogen-bond acceptors (Lipinski definition) is 4. The van der Waals surface area contributed by atoms with Crippen molar-refractivity contribution >= 4 is 11.0 Å². The summed E-state index contributed by atoms with van der Waals surface area (Å²) < 4.78 is 7.71. The molecule has 0 amide bonds. The highest BCUT2D eigenvalue weighted by Crippen LogP contribution is 2.42. The van der Waals surface area contributed by atoms with Crippen LogP contribution in [0, 0.1) is 13.8 Å². The molecular weight excluding hydrogens is 312 g/mol. The minimum atomic E-state index is 0.528. The van der Waals surface area contributed by atoms with Gasteiger partial charge in [0.25, 0.3) is 0 Å². The van der Waals surface area contributed by atoms with Gasteiger partial charge in [0.1, 0.15) is 11.6 Å². The summed E-state index contributed by atoms with van der Waals surface area (Å²) in [4.78, 5) is 9.15. The minimum Gasteiger partial charge on any atom is -0.361 e. The van der Waals surface area contributed by atoms with Crippen molar-refractivity contribution in [3.63, 3.8) is 0 Å². The maximum absolute atomic E-state index is 5.35. The van der Waals surface area contributed by atoms with Crippen LogP contribution in [0.5, 0.6) is 0 Å². The molecule has 5 rings (SSSR count). The average molecular weight is 330 g/mol. The van der Waals surface area contributed by atoms with Crippen LogP contribution < -0.4 is 0 Å². The number of hydrogen-bond donors (Lipinski definition) is 0. The van der Waals surface area contributed by atoms with Gasteiger partial charge in [-0.2, -0.15) is 0 Å². The van der Waals surface area contributed by atoms with Crippen molar-refractivity contribution in [1.82, 2.24) is 19.7 Å². The van der Waals surface area contributed by atoms with E-state index < -0.39 is 0 Å². The van der Waals surface area contributed by atoms with Crippen molar-refractivity contribution in [3.8, 4) is 22.5 Å². The minimum absolute atomic E-state index is 0.528. The van der Waals surface area contributed by atoms with Gasteiger partial charge in [-0.05, 0) is 56.5 Å². The highest BCUT2D eigenvalue weighted by molar-refractivity contribution is 5.86. The second-order valence-electron chi connectivity index (χ2n) is 6.68. The molecule has 0 N–H and O–H groups in total.